The van der Waals surface area contributed by atoms with E-state index in [1.807, 2.05) is 66.7 Å². The zero-order chi connectivity index (χ0) is 48.8. The van der Waals surface area contributed by atoms with E-state index >= 15 is 4.39 Å². The third-order valence-corrected chi connectivity index (χ3v) is 15.2. The molecule has 1 aliphatic heterocycles. The lowest BCUT2D eigenvalue weighted by Crippen LogP contribution is -2.16. The van der Waals surface area contributed by atoms with Gasteiger partial charge in [-0.05, 0) is 145 Å². The molecule has 0 bridgehead atoms. The predicted molar refractivity (Wildman–Crippen MR) is 302 cm³/mol. The number of para-hydroxylation sites is 2. The van der Waals surface area contributed by atoms with Crippen molar-refractivity contribution in [1.82, 2.24) is 0 Å². The summed E-state index contributed by atoms with van der Waals surface area (Å²) >= 11 is 0. The van der Waals surface area contributed by atoms with Gasteiger partial charge in [-0.3, -0.25) is 0 Å². The summed E-state index contributed by atoms with van der Waals surface area (Å²) in [4.78, 5) is 4.46. The van der Waals surface area contributed by atoms with Gasteiger partial charge in [0.1, 0.15) is 17.3 Å². The monoisotopic (exact) mass is 938 g/mol. The second kappa shape index (κ2) is 16.7. The largest absolute Gasteiger partial charge is 0.456 e. The molecule has 73 heavy (non-hydrogen) atoms. The van der Waals surface area contributed by atoms with Crippen LogP contribution in [0.1, 0.15) is 25.0 Å². The van der Waals surface area contributed by atoms with Crippen LogP contribution < -0.4 is 14.5 Å². The van der Waals surface area contributed by atoms with Gasteiger partial charge in [0.15, 0.2) is 0 Å². The molecule has 0 saturated heterocycles. The van der Waals surface area contributed by atoms with Crippen LogP contribution in [0.5, 0.6) is 11.5 Å². The van der Waals surface area contributed by atoms with Crippen molar-refractivity contribution in [3.63, 3.8) is 0 Å². The maximum absolute atomic E-state index is 17.7. The normalized spacial score (nSPS) is 12.8. The first-order valence-electron chi connectivity index (χ1n) is 25.0. The molecular weight excluding hydrogens is 892 g/mol. The Morgan fingerprint density at radius 1 is 0.342 bits per heavy atom. The van der Waals surface area contributed by atoms with Gasteiger partial charge in [-0.1, -0.05) is 178 Å². The molecule has 0 radical (unpaired) electrons. The number of fused-ring (bicyclic) bond motifs is 9. The average molecular weight is 939 g/mol. The fourth-order valence-electron chi connectivity index (χ4n) is 11.8. The van der Waals surface area contributed by atoms with Gasteiger partial charge >= 0.3 is 0 Å². The minimum Gasteiger partial charge on any atom is -0.456 e. The van der Waals surface area contributed by atoms with Crippen molar-refractivity contribution < 1.29 is 9.13 Å². The third-order valence-electron chi connectivity index (χ3n) is 15.2. The molecule has 14 rings (SSSR count). The zero-order valence-corrected chi connectivity index (χ0v) is 40.4. The van der Waals surface area contributed by atoms with Crippen molar-refractivity contribution in [2.45, 2.75) is 19.3 Å². The van der Waals surface area contributed by atoms with E-state index in [0.29, 0.717) is 5.69 Å². The van der Waals surface area contributed by atoms with E-state index in [2.05, 4.69) is 200 Å². The number of anilines is 6. The summed E-state index contributed by atoms with van der Waals surface area (Å²) in [6, 6.07) is 86.8. The summed E-state index contributed by atoms with van der Waals surface area (Å²) in [5.41, 5.74) is 16.1. The highest BCUT2D eigenvalue weighted by Crippen LogP contribution is 2.55. The standard InChI is InChI=1S/C69H47FN2O/c1-69(2)61-32-18-17-29-52(61)53-36-34-49(40-62(53)69)71(47-24-11-5-12-25-47)50-35-37-55-60-42-58-51-28-15-16-30-54(51)64(43-59(58)56-31-19-33-65(67(56)60)73-66(55)41-50)72(48-26-13-6-14-27-48)68-57(45-22-9-4-10-23-45)38-46(39-63(68)70)44-20-7-3-8-21-44/h3-43H,1-2H3. The summed E-state index contributed by atoms with van der Waals surface area (Å²) in [6.45, 7) is 4.66. The zero-order valence-electron chi connectivity index (χ0n) is 40.4. The highest BCUT2D eigenvalue weighted by molar-refractivity contribution is 6.26. The van der Waals surface area contributed by atoms with Crippen LogP contribution in [-0.2, 0) is 5.41 Å². The first-order valence-corrected chi connectivity index (χ1v) is 25.0. The van der Waals surface area contributed by atoms with Crippen molar-refractivity contribution in [2.24, 2.45) is 0 Å². The van der Waals surface area contributed by atoms with Gasteiger partial charge in [0, 0.05) is 56.1 Å². The summed E-state index contributed by atoms with van der Waals surface area (Å²) in [6.07, 6.45) is 0. The average Bonchev–Trinajstić information content (AvgIpc) is 3.67. The van der Waals surface area contributed by atoms with Gasteiger partial charge < -0.3 is 14.5 Å². The van der Waals surface area contributed by atoms with E-state index in [9.17, 15) is 0 Å². The minimum absolute atomic E-state index is 0.144. The number of hydrogen-bond acceptors (Lipinski definition) is 3. The number of halogens is 1. The molecule has 0 saturated carbocycles. The summed E-state index contributed by atoms with van der Waals surface area (Å²) in [5.74, 6) is 1.28. The second-order valence-electron chi connectivity index (χ2n) is 19.8. The molecule has 12 aromatic rings. The fraction of sp³-hybridized carbons (Fsp3) is 0.0435. The van der Waals surface area contributed by atoms with Gasteiger partial charge in [0.25, 0.3) is 0 Å². The van der Waals surface area contributed by atoms with E-state index in [1.165, 1.54) is 22.3 Å². The van der Waals surface area contributed by atoms with Crippen LogP contribution in [0.15, 0.2) is 249 Å². The maximum atomic E-state index is 17.7. The molecule has 0 amide bonds. The van der Waals surface area contributed by atoms with Gasteiger partial charge in [-0.15, -0.1) is 0 Å². The Labute approximate surface area is 424 Å². The Morgan fingerprint density at radius 2 is 0.918 bits per heavy atom. The SMILES string of the molecule is CC1(C)c2ccccc2-c2ccc(N(c3ccccc3)c3ccc4c(c3)Oc3cccc5c3c-4cc3c4ccccc4c(N(c4ccccc4)c4c(F)cc(-c6ccccc6)cc4-c4ccccc4)cc53)cc21. The first kappa shape index (κ1) is 42.6. The summed E-state index contributed by atoms with van der Waals surface area (Å²) < 4.78 is 24.8. The molecule has 0 aromatic heterocycles. The van der Waals surface area contributed by atoms with Crippen molar-refractivity contribution >= 4 is 66.4 Å². The topological polar surface area (TPSA) is 15.7 Å². The smallest absolute Gasteiger partial charge is 0.148 e. The number of benzene rings is 12. The molecule has 346 valence electrons. The van der Waals surface area contributed by atoms with Crippen molar-refractivity contribution in [3.05, 3.63) is 266 Å². The van der Waals surface area contributed by atoms with Crippen LogP contribution in [0.4, 0.5) is 38.5 Å². The van der Waals surface area contributed by atoms with Crippen molar-refractivity contribution in [2.75, 3.05) is 9.80 Å². The molecule has 0 unspecified atom stereocenters. The maximum Gasteiger partial charge on any atom is 0.148 e. The van der Waals surface area contributed by atoms with Crippen molar-refractivity contribution in [3.8, 4) is 56.0 Å². The van der Waals surface area contributed by atoms with Crippen LogP contribution in [-0.4, -0.2) is 0 Å². The van der Waals surface area contributed by atoms with Gasteiger partial charge in [-0.2, -0.15) is 0 Å². The van der Waals surface area contributed by atoms with Crippen LogP contribution in [0.2, 0.25) is 0 Å². The molecule has 3 nitrogen and oxygen atoms in total. The number of ether oxygens (including phenoxy) is 1. The Hall–Kier alpha value is -9.25. The highest BCUT2D eigenvalue weighted by atomic mass is 19.1. The van der Waals surface area contributed by atoms with E-state index in [-0.39, 0.29) is 11.2 Å². The first-order chi connectivity index (χ1) is 35.9. The Kier molecular flexibility index (Phi) is 9.74. The van der Waals surface area contributed by atoms with Crippen LogP contribution in [0.25, 0.3) is 76.8 Å². The third kappa shape index (κ3) is 6.78. The predicted octanol–water partition coefficient (Wildman–Crippen LogP) is 19.6. The molecule has 1 aliphatic carbocycles. The molecule has 1 heterocycles. The van der Waals surface area contributed by atoms with E-state index in [4.69, 9.17) is 4.74 Å². The fourth-order valence-corrected chi connectivity index (χ4v) is 11.8. The Bertz CT molecular complexity index is 4150. The lowest BCUT2D eigenvalue weighted by atomic mass is 9.82. The van der Waals surface area contributed by atoms with E-state index < -0.39 is 0 Å². The van der Waals surface area contributed by atoms with Gasteiger partial charge in [-0.25, -0.2) is 4.39 Å². The lowest BCUT2D eigenvalue weighted by Gasteiger charge is -2.31. The molecule has 0 spiro atoms. The minimum atomic E-state index is -0.314. The van der Waals surface area contributed by atoms with Crippen LogP contribution in [0, 0.1) is 5.82 Å². The lowest BCUT2D eigenvalue weighted by molar-refractivity contribution is 0.487. The molecule has 0 atom stereocenters. The summed E-state index contributed by atoms with van der Waals surface area (Å²) in [5, 5.41) is 6.36. The molecule has 2 aliphatic rings. The van der Waals surface area contributed by atoms with Crippen molar-refractivity contribution in [1.29, 1.82) is 0 Å². The summed E-state index contributed by atoms with van der Waals surface area (Å²) in [7, 11) is 0. The highest BCUT2D eigenvalue weighted by Gasteiger charge is 2.36. The molecule has 4 heteroatoms. The van der Waals surface area contributed by atoms with Crippen LogP contribution in [0.3, 0.4) is 0 Å². The molecule has 0 fully saturated rings. The molecule has 12 aromatic carbocycles. The molecule has 0 N–H and O–H groups in total. The quantitative estimate of drug-likeness (QED) is 0.141. The van der Waals surface area contributed by atoms with E-state index in [1.54, 1.807) is 6.07 Å². The van der Waals surface area contributed by atoms with Gasteiger partial charge in [0.05, 0.1) is 11.4 Å². The Balaban J connectivity index is 0.957. The molecular formula is C69H47FN2O. The number of nitrogens with zero attached hydrogens (tertiary/aromatic N) is 2. The van der Waals surface area contributed by atoms with Crippen LogP contribution >= 0.6 is 0 Å². The van der Waals surface area contributed by atoms with E-state index in [0.717, 1.165) is 106 Å². The Morgan fingerprint density at radius 3 is 1.66 bits per heavy atom. The number of rotatable bonds is 8. The second-order valence-corrected chi connectivity index (χ2v) is 19.8. The number of hydrogen-bond donors (Lipinski definition) is 0. The van der Waals surface area contributed by atoms with Gasteiger partial charge in [0.2, 0.25) is 0 Å².